The van der Waals surface area contributed by atoms with Gasteiger partial charge in [0.25, 0.3) is 0 Å². The molecule has 0 amide bonds. The van der Waals surface area contributed by atoms with Gasteiger partial charge in [-0.2, -0.15) is 0 Å². The number of fused-ring (bicyclic) bond motifs is 1. The lowest BCUT2D eigenvalue weighted by Crippen LogP contribution is -2.31. The molecule has 1 aliphatic rings. The van der Waals surface area contributed by atoms with Crippen LogP contribution in [0.4, 0.5) is 20.2 Å². The number of pyridine rings is 1. The molecule has 194 valence electrons. The van der Waals surface area contributed by atoms with E-state index in [1.807, 2.05) is 30.5 Å². The van der Waals surface area contributed by atoms with Crippen molar-refractivity contribution in [3.63, 3.8) is 0 Å². The molecular formula is C28H30F2N4O3. The van der Waals surface area contributed by atoms with Crippen LogP contribution in [0.3, 0.4) is 0 Å². The van der Waals surface area contributed by atoms with E-state index < -0.39 is 11.6 Å². The number of nitrogens with zero attached hydrogens (tertiary/aromatic N) is 1. The minimum atomic E-state index is -0.823. The Morgan fingerprint density at radius 2 is 1.76 bits per heavy atom. The summed E-state index contributed by atoms with van der Waals surface area (Å²) in [7, 11) is 2.65. The first-order valence-electron chi connectivity index (χ1n) is 12.3. The smallest absolute Gasteiger partial charge is 0.191 e. The summed E-state index contributed by atoms with van der Waals surface area (Å²) in [6.07, 6.45) is 6.53. The van der Waals surface area contributed by atoms with Crippen molar-refractivity contribution in [2.24, 2.45) is 0 Å². The van der Waals surface area contributed by atoms with E-state index in [1.54, 1.807) is 6.20 Å². The molecule has 1 saturated carbocycles. The van der Waals surface area contributed by atoms with Gasteiger partial charge in [0.15, 0.2) is 23.1 Å². The van der Waals surface area contributed by atoms with E-state index >= 15 is 0 Å². The number of aromatic nitrogens is 2. The topological polar surface area (TPSA) is 80.4 Å². The molecule has 2 heterocycles. The molecule has 9 heteroatoms. The maximum atomic E-state index is 14.9. The minimum Gasteiger partial charge on any atom is -0.493 e. The SMILES string of the molecule is COc1cc(OC)c(F)c(NCc2cnc3[nH]ccc3c2NC2CCCC2OCc2ccccc2)c1F. The zero-order valence-electron chi connectivity index (χ0n) is 20.8. The fourth-order valence-electron chi connectivity index (χ4n) is 4.83. The lowest BCUT2D eigenvalue weighted by molar-refractivity contribution is 0.0395. The van der Waals surface area contributed by atoms with E-state index in [2.05, 4.69) is 32.7 Å². The maximum Gasteiger partial charge on any atom is 0.191 e. The predicted octanol–water partition coefficient (Wildman–Crippen LogP) is 6.02. The molecule has 7 nitrogen and oxygen atoms in total. The molecule has 2 atom stereocenters. The zero-order valence-corrected chi connectivity index (χ0v) is 20.8. The molecule has 0 bridgehead atoms. The molecule has 1 fully saturated rings. The maximum absolute atomic E-state index is 14.9. The fraction of sp³-hybridized carbons (Fsp3) is 0.321. The van der Waals surface area contributed by atoms with E-state index in [1.165, 1.54) is 20.3 Å². The molecule has 2 aromatic heterocycles. The number of H-pyrrole nitrogens is 1. The van der Waals surface area contributed by atoms with Gasteiger partial charge in [-0.3, -0.25) is 0 Å². The number of hydrogen-bond acceptors (Lipinski definition) is 6. The Labute approximate surface area is 214 Å². The quantitative estimate of drug-likeness (QED) is 0.243. The standard InChI is InChI=1S/C28H30F2N4O3/c1-35-22-13-23(36-2)25(30)27(24(22)29)32-14-18-15-33-28-19(11-12-31-28)26(18)34-20-9-6-10-21(20)37-16-17-7-4-3-5-8-17/h3-5,7-8,11-13,15,20-21,32H,6,9-10,14,16H2,1-2H3,(H2,31,33,34). The van der Waals surface area contributed by atoms with Crippen molar-refractivity contribution in [3.05, 3.63) is 77.6 Å². The Balaban J connectivity index is 1.39. The summed E-state index contributed by atoms with van der Waals surface area (Å²) in [5, 5.41) is 7.47. The summed E-state index contributed by atoms with van der Waals surface area (Å²) in [4.78, 5) is 7.63. The molecule has 3 N–H and O–H groups in total. The van der Waals surface area contributed by atoms with Gasteiger partial charge in [-0.25, -0.2) is 13.8 Å². The minimum absolute atomic E-state index is 0.0423. The number of anilines is 2. The predicted molar refractivity (Wildman–Crippen MR) is 139 cm³/mol. The Morgan fingerprint density at radius 3 is 2.49 bits per heavy atom. The van der Waals surface area contributed by atoms with Gasteiger partial charge in [0, 0.05) is 36.0 Å². The lowest BCUT2D eigenvalue weighted by atomic mass is 10.1. The van der Waals surface area contributed by atoms with E-state index in [4.69, 9.17) is 14.2 Å². The number of nitrogens with one attached hydrogen (secondary N) is 3. The van der Waals surface area contributed by atoms with Crippen molar-refractivity contribution in [1.82, 2.24) is 9.97 Å². The van der Waals surface area contributed by atoms with Gasteiger partial charge < -0.3 is 29.8 Å². The van der Waals surface area contributed by atoms with Crippen LogP contribution in [0.25, 0.3) is 11.0 Å². The number of rotatable bonds is 10. The second-order valence-electron chi connectivity index (χ2n) is 9.05. The van der Waals surface area contributed by atoms with Crippen LogP contribution in [0.15, 0.2) is 54.9 Å². The number of methoxy groups -OCH3 is 2. The second kappa shape index (κ2) is 11.0. The van der Waals surface area contributed by atoms with Crippen molar-refractivity contribution < 1.29 is 23.0 Å². The van der Waals surface area contributed by atoms with Gasteiger partial charge in [-0.05, 0) is 30.9 Å². The molecule has 37 heavy (non-hydrogen) atoms. The Hall–Kier alpha value is -3.85. The first-order valence-corrected chi connectivity index (χ1v) is 12.3. The van der Waals surface area contributed by atoms with E-state index in [-0.39, 0.29) is 35.9 Å². The van der Waals surface area contributed by atoms with Gasteiger partial charge in [-0.1, -0.05) is 30.3 Å². The highest BCUT2D eigenvalue weighted by atomic mass is 19.1. The molecule has 4 aromatic rings. The highest BCUT2D eigenvalue weighted by Crippen LogP contribution is 2.36. The normalized spacial score (nSPS) is 17.2. The highest BCUT2D eigenvalue weighted by molar-refractivity contribution is 5.91. The molecule has 0 radical (unpaired) electrons. The van der Waals surface area contributed by atoms with Crippen molar-refractivity contribution in [2.75, 3.05) is 24.9 Å². The molecule has 0 saturated heterocycles. The molecular weight excluding hydrogens is 478 g/mol. The second-order valence-corrected chi connectivity index (χ2v) is 9.05. The van der Waals surface area contributed by atoms with Crippen LogP contribution in [0.5, 0.6) is 11.5 Å². The Kier molecular flexibility index (Phi) is 7.41. The third kappa shape index (κ3) is 5.17. The molecule has 0 aliphatic heterocycles. The number of halogens is 2. The van der Waals surface area contributed by atoms with Crippen LogP contribution >= 0.6 is 0 Å². The summed E-state index contributed by atoms with van der Waals surface area (Å²) in [6, 6.07) is 13.3. The van der Waals surface area contributed by atoms with E-state index in [0.717, 1.165) is 47.1 Å². The van der Waals surface area contributed by atoms with Crippen molar-refractivity contribution in [3.8, 4) is 11.5 Å². The van der Waals surface area contributed by atoms with Gasteiger partial charge >= 0.3 is 0 Å². The summed E-state index contributed by atoms with van der Waals surface area (Å²) in [5.41, 5.74) is 3.16. The lowest BCUT2D eigenvalue weighted by Gasteiger charge is -2.25. The average molecular weight is 509 g/mol. The highest BCUT2D eigenvalue weighted by Gasteiger charge is 2.29. The van der Waals surface area contributed by atoms with Crippen LogP contribution < -0.4 is 20.1 Å². The third-order valence-electron chi connectivity index (χ3n) is 6.78. The molecule has 2 aromatic carbocycles. The number of benzene rings is 2. The summed E-state index contributed by atoms with van der Waals surface area (Å²) < 4.78 is 46.3. The molecule has 0 spiro atoms. The third-order valence-corrected chi connectivity index (χ3v) is 6.78. The van der Waals surface area contributed by atoms with E-state index in [0.29, 0.717) is 6.61 Å². The van der Waals surface area contributed by atoms with Gasteiger partial charge in [0.05, 0.1) is 38.7 Å². The van der Waals surface area contributed by atoms with E-state index in [9.17, 15) is 8.78 Å². The van der Waals surface area contributed by atoms with Crippen molar-refractivity contribution in [2.45, 2.75) is 44.6 Å². The fourth-order valence-corrected chi connectivity index (χ4v) is 4.83. The Bertz CT molecular complexity index is 1330. The Morgan fingerprint density at radius 1 is 1.00 bits per heavy atom. The number of ether oxygens (including phenoxy) is 3. The summed E-state index contributed by atoms with van der Waals surface area (Å²) in [5.74, 6) is -1.86. The average Bonchev–Trinajstić information content (AvgIpc) is 3.58. The van der Waals surface area contributed by atoms with Crippen LogP contribution in [0, 0.1) is 11.6 Å². The molecule has 1 aliphatic carbocycles. The van der Waals surface area contributed by atoms with Gasteiger partial charge in [-0.15, -0.1) is 0 Å². The molecule has 2 unspecified atom stereocenters. The van der Waals surface area contributed by atoms with Crippen LogP contribution in [0.1, 0.15) is 30.4 Å². The van der Waals surface area contributed by atoms with Crippen LogP contribution in [-0.2, 0) is 17.9 Å². The number of hydrogen-bond donors (Lipinski definition) is 3. The molecule has 5 rings (SSSR count). The first kappa shape index (κ1) is 24.8. The van der Waals surface area contributed by atoms with Crippen LogP contribution in [0.2, 0.25) is 0 Å². The monoisotopic (exact) mass is 508 g/mol. The zero-order chi connectivity index (χ0) is 25.8. The van der Waals surface area contributed by atoms with Crippen molar-refractivity contribution in [1.29, 1.82) is 0 Å². The largest absolute Gasteiger partial charge is 0.493 e. The van der Waals surface area contributed by atoms with Gasteiger partial charge in [0.1, 0.15) is 11.3 Å². The van der Waals surface area contributed by atoms with Crippen molar-refractivity contribution >= 4 is 22.4 Å². The van der Waals surface area contributed by atoms with Gasteiger partial charge in [0.2, 0.25) is 0 Å². The summed E-state index contributed by atoms with van der Waals surface area (Å²) in [6.45, 7) is 0.674. The first-order chi connectivity index (χ1) is 18.1. The summed E-state index contributed by atoms with van der Waals surface area (Å²) >= 11 is 0. The van der Waals surface area contributed by atoms with Crippen LogP contribution in [-0.4, -0.2) is 36.3 Å². The number of aromatic amines is 1.